The molecule has 0 saturated carbocycles. The standard InChI is InChI=1S/C6H8O7.K.Zn.H/c7-3(8)1-6(13,5(11)12)2-4(9)10;;;/h13H,1-2H2,(H,7,8)(H,9,10)(H,11,12);;;/q;+1;;-1. The van der Waals surface area contributed by atoms with Gasteiger partial charge in [-0.3, -0.25) is 9.59 Å². The largest absolute Gasteiger partial charge is 1.00 e. The normalized spacial score (nSPS) is 9.40. The Balaban J connectivity index is -0.000000240. The maximum Gasteiger partial charge on any atom is 1.00 e. The summed E-state index contributed by atoms with van der Waals surface area (Å²) < 4.78 is 0. The van der Waals surface area contributed by atoms with Crippen molar-refractivity contribution >= 4 is 17.9 Å². The van der Waals surface area contributed by atoms with Crippen molar-refractivity contribution in [3.05, 3.63) is 0 Å². The van der Waals surface area contributed by atoms with E-state index < -0.39 is 36.4 Å². The number of carbonyl (C=O) groups is 3. The molecule has 0 amide bonds. The molecular weight excluding hydrogens is 289 g/mol. The van der Waals surface area contributed by atoms with Crippen LogP contribution in [0.1, 0.15) is 14.3 Å². The van der Waals surface area contributed by atoms with Crippen LogP contribution in [0.4, 0.5) is 0 Å². The first-order valence-electron chi connectivity index (χ1n) is 3.17. The van der Waals surface area contributed by atoms with Gasteiger partial charge in [0.25, 0.3) is 0 Å². The van der Waals surface area contributed by atoms with Crippen molar-refractivity contribution in [2.24, 2.45) is 0 Å². The number of carboxylic acid groups (broad SMARTS) is 3. The molecule has 9 heteroatoms. The zero-order chi connectivity index (χ0) is 10.6. The van der Waals surface area contributed by atoms with Crippen molar-refractivity contribution in [3.8, 4) is 0 Å². The molecule has 0 bridgehead atoms. The quantitative estimate of drug-likeness (QED) is 0.379. The number of hydrogen-bond acceptors (Lipinski definition) is 4. The Morgan fingerprint density at radius 2 is 1.27 bits per heavy atom. The Morgan fingerprint density at radius 1 is 1.00 bits per heavy atom. The molecule has 7 nitrogen and oxygen atoms in total. The van der Waals surface area contributed by atoms with E-state index >= 15 is 0 Å². The Hall–Kier alpha value is 0.630. The Kier molecular flexibility index (Phi) is 12.2. The van der Waals surface area contributed by atoms with Gasteiger partial charge in [-0.25, -0.2) is 4.79 Å². The van der Waals surface area contributed by atoms with Crippen LogP contribution in [0, 0.1) is 0 Å². The van der Waals surface area contributed by atoms with Crippen molar-refractivity contribution in [2.45, 2.75) is 18.4 Å². The first-order valence-corrected chi connectivity index (χ1v) is 3.17. The third-order valence-corrected chi connectivity index (χ3v) is 1.29. The minimum atomic E-state index is -2.74. The number of rotatable bonds is 5. The molecule has 0 unspecified atom stereocenters. The van der Waals surface area contributed by atoms with Crippen LogP contribution in [-0.4, -0.2) is 43.9 Å². The van der Waals surface area contributed by atoms with Crippen LogP contribution < -0.4 is 51.4 Å². The maximum absolute atomic E-state index is 10.3. The second kappa shape index (κ2) is 8.74. The second-order valence-corrected chi connectivity index (χ2v) is 2.48. The Morgan fingerprint density at radius 3 is 1.40 bits per heavy atom. The molecule has 0 aromatic heterocycles. The van der Waals surface area contributed by atoms with Crippen molar-refractivity contribution in [2.75, 3.05) is 0 Å². The summed E-state index contributed by atoms with van der Waals surface area (Å²) in [7, 11) is 0. The summed E-state index contributed by atoms with van der Waals surface area (Å²) in [4.78, 5) is 30.5. The molecule has 0 saturated heterocycles. The van der Waals surface area contributed by atoms with Crippen LogP contribution in [0.5, 0.6) is 0 Å². The average molecular weight is 298 g/mol. The predicted octanol–water partition coefficient (Wildman–Crippen LogP) is -4.13. The van der Waals surface area contributed by atoms with Crippen molar-refractivity contribution < 1.29 is 107 Å². The molecule has 0 spiro atoms. The van der Waals surface area contributed by atoms with Crippen LogP contribution in [-0.2, 0) is 33.9 Å². The fourth-order valence-corrected chi connectivity index (χ4v) is 0.714. The molecule has 0 radical (unpaired) electrons. The van der Waals surface area contributed by atoms with Gasteiger partial charge in [0, 0.05) is 19.5 Å². The van der Waals surface area contributed by atoms with Crippen LogP contribution in [0.25, 0.3) is 0 Å². The smallest absolute Gasteiger partial charge is 1.00 e. The van der Waals surface area contributed by atoms with E-state index in [0.717, 1.165) is 0 Å². The van der Waals surface area contributed by atoms with Gasteiger partial charge in [-0.05, 0) is 0 Å². The number of carboxylic acids is 3. The van der Waals surface area contributed by atoms with E-state index in [1.54, 1.807) is 0 Å². The number of aliphatic carboxylic acids is 3. The minimum absolute atomic E-state index is 0. The Labute approximate surface area is 142 Å². The van der Waals surface area contributed by atoms with Gasteiger partial charge in [0.2, 0.25) is 0 Å². The average Bonchev–Trinajstić information content (AvgIpc) is 1.82. The van der Waals surface area contributed by atoms with Gasteiger partial charge in [-0.2, -0.15) is 0 Å². The SMILES string of the molecule is O=C(O)CC(O)(CC(=O)O)C(=O)O.[H-].[K+].[Zn]. The molecule has 0 heterocycles. The minimum Gasteiger partial charge on any atom is -1.00 e. The van der Waals surface area contributed by atoms with Gasteiger partial charge in [0.05, 0.1) is 12.8 Å². The van der Waals surface area contributed by atoms with E-state index in [2.05, 4.69) is 0 Å². The van der Waals surface area contributed by atoms with Crippen molar-refractivity contribution in [1.29, 1.82) is 0 Å². The first kappa shape index (κ1) is 21.0. The van der Waals surface area contributed by atoms with E-state index in [4.69, 9.17) is 20.4 Å². The first-order chi connectivity index (χ1) is 5.78. The summed E-state index contributed by atoms with van der Waals surface area (Å²) >= 11 is 0. The molecule has 0 atom stereocenters. The van der Waals surface area contributed by atoms with E-state index in [9.17, 15) is 14.4 Å². The van der Waals surface area contributed by atoms with Crippen molar-refractivity contribution in [3.63, 3.8) is 0 Å². The molecule has 0 fully saturated rings. The summed E-state index contributed by atoms with van der Waals surface area (Å²) in [5.74, 6) is -5.02. The predicted molar refractivity (Wildman–Crippen MR) is 38.2 cm³/mol. The van der Waals surface area contributed by atoms with Gasteiger partial charge in [-0.15, -0.1) is 0 Å². The topological polar surface area (TPSA) is 132 Å². The van der Waals surface area contributed by atoms with Gasteiger partial charge in [0.15, 0.2) is 5.60 Å². The third kappa shape index (κ3) is 8.44. The fraction of sp³-hybridized carbons (Fsp3) is 0.500. The summed E-state index contributed by atoms with van der Waals surface area (Å²) in [5, 5.41) is 33.8. The monoisotopic (exact) mass is 296 g/mol. The van der Waals surface area contributed by atoms with E-state index in [0.29, 0.717) is 0 Å². The molecule has 0 aliphatic carbocycles. The Bertz CT molecular complexity index is 243. The molecule has 0 aromatic rings. The second-order valence-electron chi connectivity index (χ2n) is 2.48. The van der Waals surface area contributed by atoms with E-state index in [-0.39, 0.29) is 72.3 Å². The zero-order valence-electron chi connectivity index (χ0n) is 9.13. The van der Waals surface area contributed by atoms with Gasteiger partial charge in [0.1, 0.15) is 0 Å². The van der Waals surface area contributed by atoms with Gasteiger partial charge < -0.3 is 21.9 Å². The van der Waals surface area contributed by atoms with Gasteiger partial charge >= 0.3 is 69.3 Å². The van der Waals surface area contributed by atoms with E-state index in [1.807, 2.05) is 0 Å². The summed E-state index contributed by atoms with van der Waals surface area (Å²) in [6, 6.07) is 0. The molecule has 0 aliphatic rings. The fourth-order valence-electron chi connectivity index (χ4n) is 0.714. The molecule has 15 heavy (non-hydrogen) atoms. The molecule has 0 aromatic carbocycles. The van der Waals surface area contributed by atoms with Crippen LogP contribution in [0.15, 0.2) is 0 Å². The summed E-state index contributed by atoms with van der Waals surface area (Å²) in [6.45, 7) is 0. The van der Waals surface area contributed by atoms with Gasteiger partial charge in [-0.1, -0.05) is 0 Å². The molecule has 0 aliphatic heterocycles. The van der Waals surface area contributed by atoms with Crippen LogP contribution in [0.3, 0.4) is 0 Å². The van der Waals surface area contributed by atoms with Crippen LogP contribution in [0.2, 0.25) is 0 Å². The zero-order valence-corrected chi connectivity index (χ0v) is 14.2. The van der Waals surface area contributed by atoms with E-state index in [1.165, 1.54) is 0 Å². The summed E-state index contributed by atoms with van der Waals surface area (Å²) in [6.07, 6.45) is -2.29. The molecule has 4 N–H and O–H groups in total. The van der Waals surface area contributed by atoms with Crippen molar-refractivity contribution in [1.82, 2.24) is 0 Å². The number of hydrogen-bond donors (Lipinski definition) is 4. The molecule has 78 valence electrons. The number of aliphatic hydroxyl groups is 1. The van der Waals surface area contributed by atoms with Crippen LogP contribution >= 0.6 is 0 Å². The molecule has 0 rings (SSSR count). The maximum atomic E-state index is 10.3. The summed E-state index contributed by atoms with van der Waals surface area (Å²) in [5.41, 5.74) is -2.74. The third-order valence-electron chi connectivity index (χ3n) is 1.29. The molecular formula is C6H9KO7Zn.